The van der Waals surface area contributed by atoms with Gasteiger partial charge in [-0.2, -0.15) is 0 Å². The van der Waals surface area contributed by atoms with Crippen LogP contribution in [0.1, 0.15) is 25.0 Å². The van der Waals surface area contributed by atoms with E-state index in [1.165, 1.54) is 11.1 Å². The van der Waals surface area contributed by atoms with Crippen molar-refractivity contribution in [3.8, 4) is 22.6 Å². The van der Waals surface area contributed by atoms with Gasteiger partial charge in [0.2, 0.25) is 5.79 Å². The van der Waals surface area contributed by atoms with Gasteiger partial charge in [0.25, 0.3) is 0 Å². The third kappa shape index (κ3) is 4.47. The van der Waals surface area contributed by atoms with Gasteiger partial charge in [-0.25, -0.2) is 0 Å². The Morgan fingerprint density at radius 2 is 1.15 bits per heavy atom. The summed E-state index contributed by atoms with van der Waals surface area (Å²) in [7, 11) is 0. The highest BCUT2D eigenvalue weighted by Crippen LogP contribution is 2.43. The summed E-state index contributed by atoms with van der Waals surface area (Å²) in [4.78, 5) is 2.31. The molecule has 0 amide bonds. The summed E-state index contributed by atoms with van der Waals surface area (Å²) in [5.74, 6) is 0.938. The van der Waals surface area contributed by atoms with Gasteiger partial charge in [-0.3, -0.25) is 0 Å². The average molecular weight is 579 g/mol. The van der Waals surface area contributed by atoms with Crippen LogP contribution in [0.4, 0.5) is 17.1 Å². The molecule has 0 spiro atoms. The molecule has 1 aliphatic heterocycles. The molecule has 5 rings (SSSR count). The Balaban J connectivity index is 1.56. The maximum absolute atomic E-state index is 5.94. The second-order valence-electron chi connectivity index (χ2n) is 9.01. The van der Waals surface area contributed by atoms with E-state index in [1.807, 2.05) is 19.9 Å². The Bertz CT molecular complexity index is 1330. The Hall–Kier alpha value is -2.76. The number of anilines is 3. The van der Waals surface area contributed by atoms with Crippen LogP contribution in [-0.4, -0.2) is 5.79 Å². The molecule has 1 heterocycles. The van der Waals surface area contributed by atoms with Crippen molar-refractivity contribution in [3.63, 3.8) is 0 Å². The van der Waals surface area contributed by atoms with E-state index in [0.717, 1.165) is 48.6 Å². The monoisotopic (exact) mass is 577 g/mol. The van der Waals surface area contributed by atoms with E-state index in [-0.39, 0.29) is 0 Å². The quantitative estimate of drug-likeness (QED) is 0.241. The zero-order valence-corrected chi connectivity index (χ0v) is 22.7. The summed E-state index contributed by atoms with van der Waals surface area (Å²) < 4.78 is 13.9. The van der Waals surface area contributed by atoms with Crippen LogP contribution in [-0.2, 0) is 0 Å². The van der Waals surface area contributed by atoms with Gasteiger partial charge >= 0.3 is 0 Å². The molecule has 0 atom stereocenters. The number of aryl methyl sites for hydroxylation is 2. The van der Waals surface area contributed by atoms with Crippen molar-refractivity contribution in [3.05, 3.63) is 98.9 Å². The molecule has 0 saturated carbocycles. The largest absolute Gasteiger partial charge is 0.449 e. The molecular formula is C29H25Br2NO2. The van der Waals surface area contributed by atoms with Crippen LogP contribution in [0.15, 0.2) is 87.8 Å². The van der Waals surface area contributed by atoms with E-state index in [4.69, 9.17) is 9.47 Å². The molecule has 4 aromatic rings. The van der Waals surface area contributed by atoms with Crippen molar-refractivity contribution >= 4 is 48.9 Å². The molecule has 0 fully saturated rings. The van der Waals surface area contributed by atoms with E-state index < -0.39 is 5.79 Å². The van der Waals surface area contributed by atoms with E-state index in [9.17, 15) is 0 Å². The molecule has 1 aliphatic rings. The van der Waals surface area contributed by atoms with Gasteiger partial charge < -0.3 is 14.4 Å². The topological polar surface area (TPSA) is 21.7 Å². The first-order valence-electron chi connectivity index (χ1n) is 11.2. The highest BCUT2D eigenvalue weighted by molar-refractivity contribution is 9.10. The lowest BCUT2D eigenvalue weighted by Gasteiger charge is -2.29. The molecule has 4 aromatic carbocycles. The van der Waals surface area contributed by atoms with Gasteiger partial charge in [0.05, 0.1) is 0 Å². The van der Waals surface area contributed by atoms with Crippen molar-refractivity contribution in [2.75, 3.05) is 4.90 Å². The van der Waals surface area contributed by atoms with E-state index in [0.29, 0.717) is 0 Å². The van der Waals surface area contributed by atoms with Crippen LogP contribution in [0, 0.1) is 13.8 Å². The zero-order chi connectivity index (χ0) is 24.0. The Labute approximate surface area is 217 Å². The number of fused-ring (bicyclic) bond motifs is 1. The second-order valence-corrected chi connectivity index (χ2v) is 10.8. The average Bonchev–Trinajstić information content (AvgIpc) is 3.10. The van der Waals surface area contributed by atoms with Crippen molar-refractivity contribution in [2.45, 2.75) is 33.5 Å². The third-order valence-electron chi connectivity index (χ3n) is 5.91. The molecule has 0 aliphatic carbocycles. The van der Waals surface area contributed by atoms with Crippen molar-refractivity contribution in [1.82, 2.24) is 0 Å². The Morgan fingerprint density at radius 1 is 0.618 bits per heavy atom. The Morgan fingerprint density at radius 3 is 1.71 bits per heavy atom. The number of halogens is 2. The lowest BCUT2D eigenvalue weighted by Crippen LogP contribution is -2.29. The van der Waals surface area contributed by atoms with Crippen LogP contribution in [0.3, 0.4) is 0 Å². The normalized spacial score (nSPS) is 13.7. The van der Waals surface area contributed by atoms with Crippen molar-refractivity contribution in [2.24, 2.45) is 0 Å². The van der Waals surface area contributed by atoms with E-state index >= 15 is 0 Å². The minimum atomic E-state index is -0.629. The van der Waals surface area contributed by atoms with Gasteiger partial charge in [0.15, 0.2) is 11.5 Å². The van der Waals surface area contributed by atoms with Gasteiger partial charge in [0.1, 0.15) is 0 Å². The van der Waals surface area contributed by atoms with Crippen molar-refractivity contribution in [1.29, 1.82) is 0 Å². The SMILES string of the molecule is Cc1cc(Br)ccc1N(c1ccc(-c2ccc3c(c2)OC(C)(C)O3)cc1)c1ccc(Br)cc1C. The number of rotatable bonds is 4. The summed E-state index contributed by atoms with van der Waals surface area (Å²) >= 11 is 7.20. The third-order valence-corrected chi connectivity index (χ3v) is 6.90. The van der Waals surface area contributed by atoms with Gasteiger partial charge in [-0.15, -0.1) is 0 Å². The van der Waals surface area contributed by atoms with Crippen LogP contribution in [0.25, 0.3) is 11.1 Å². The van der Waals surface area contributed by atoms with E-state index in [2.05, 4.69) is 123 Å². The molecular weight excluding hydrogens is 554 g/mol. The second kappa shape index (κ2) is 8.79. The fraction of sp³-hybridized carbons (Fsp3) is 0.172. The summed E-state index contributed by atoms with van der Waals surface area (Å²) in [6.45, 7) is 8.13. The predicted octanol–water partition coefficient (Wildman–Crippen LogP) is 9.47. The lowest BCUT2D eigenvalue weighted by atomic mass is 10.0. The first-order chi connectivity index (χ1) is 16.2. The standard InChI is InChI=1S/C29H25Br2NO2/c1-18-15-22(30)8-12-25(18)32(26-13-9-23(31)16-19(26)2)24-10-5-20(6-11-24)21-7-14-27-28(17-21)34-29(3,4)33-27/h5-17H,1-4H3. The van der Waals surface area contributed by atoms with E-state index in [1.54, 1.807) is 0 Å². The minimum absolute atomic E-state index is 0.629. The molecule has 0 bridgehead atoms. The van der Waals surface area contributed by atoms with Crippen LogP contribution in [0.5, 0.6) is 11.5 Å². The zero-order valence-electron chi connectivity index (χ0n) is 19.5. The lowest BCUT2D eigenvalue weighted by molar-refractivity contribution is -0.0431. The fourth-order valence-corrected chi connectivity index (χ4v) is 5.30. The van der Waals surface area contributed by atoms with Gasteiger partial charge in [-0.1, -0.05) is 50.1 Å². The molecule has 3 nitrogen and oxygen atoms in total. The molecule has 0 N–H and O–H groups in total. The molecule has 0 aromatic heterocycles. The summed E-state index contributed by atoms with van der Waals surface area (Å²) in [5.41, 5.74) is 8.00. The number of hydrogen-bond acceptors (Lipinski definition) is 3. The molecule has 0 saturated heterocycles. The number of hydrogen-bond donors (Lipinski definition) is 0. The highest BCUT2D eigenvalue weighted by Gasteiger charge is 2.31. The fourth-order valence-electron chi connectivity index (χ4n) is 4.35. The van der Waals surface area contributed by atoms with Crippen LogP contribution in [0.2, 0.25) is 0 Å². The van der Waals surface area contributed by atoms with Crippen LogP contribution < -0.4 is 14.4 Å². The number of ether oxygens (including phenoxy) is 2. The van der Waals surface area contributed by atoms with Crippen molar-refractivity contribution < 1.29 is 9.47 Å². The molecule has 0 radical (unpaired) electrons. The first kappa shape index (κ1) is 23.0. The minimum Gasteiger partial charge on any atom is -0.449 e. The Kier molecular flexibility index (Phi) is 5.95. The molecule has 34 heavy (non-hydrogen) atoms. The maximum Gasteiger partial charge on any atom is 0.246 e. The first-order valence-corrected chi connectivity index (χ1v) is 12.7. The van der Waals surface area contributed by atoms with Gasteiger partial charge in [0, 0.05) is 39.9 Å². The summed E-state index contributed by atoms with van der Waals surface area (Å²) in [6, 6.07) is 27.6. The summed E-state index contributed by atoms with van der Waals surface area (Å²) in [6.07, 6.45) is 0. The summed E-state index contributed by atoms with van der Waals surface area (Å²) in [5, 5.41) is 0. The molecule has 0 unspecified atom stereocenters. The molecule has 5 heteroatoms. The highest BCUT2D eigenvalue weighted by atomic mass is 79.9. The number of nitrogens with zero attached hydrogens (tertiary/aromatic N) is 1. The number of benzene rings is 4. The maximum atomic E-state index is 5.94. The van der Waals surface area contributed by atoms with Crippen LogP contribution >= 0.6 is 31.9 Å². The van der Waals surface area contributed by atoms with Gasteiger partial charge in [-0.05, 0) is 96.8 Å². The smallest absolute Gasteiger partial charge is 0.246 e. The molecule has 172 valence electrons. The predicted molar refractivity (Wildman–Crippen MR) is 147 cm³/mol.